The summed E-state index contributed by atoms with van der Waals surface area (Å²) in [4.78, 5) is 7.39. The molecule has 2 aliphatic rings. The maximum absolute atomic E-state index is 10.2. The number of nitriles is 2. The molecule has 50 heavy (non-hydrogen) atoms. The summed E-state index contributed by atoms with van der Waals surface area (Å²) in [7, 11) is 0. The molecule has 0 atom stereocenters. The summed E-state index contributed by atoms with van der Waals surface area (Å²) in [5.74, 6) is 0. The molecule has 2 aliphatic carbocycles. The van der Waals surface area contributed by atoms with Crippen molar-refractivity contribution in [3.8, 4) is 56.6 Å². The molecule has 0 fully saturated rings. The smallest absolute Gasteiger partial charge is 0.226 e. The van der Waals surface area contributed by atoms with Gasteiger partial charge in [0.05, 0.1) is 25.3 Å². The predicted octanol–water partition coefficient (Wildman–Crippen LogP) is 11.7. The van der Waals surface area contributed by atoms with Crippen LogP contribution in [-0.4, -0.2) is 0 Å². The highest BCUT2D eigenvalue weighted by Crippen LogP contribution is 2.54. The third kappa shape index (κ3) is 4.08. The van der Waals surface area contributed by atoms with Crippen molar-refractivity contribution in [1.82, 2.24) is 0 Å². The molecule has 0 radical (unpaired) electrons. The van der Waals surface area contributed by atoms with Gasteiger partial charge in [-0.2, -0.15) is 0 Å². The van der Waals surface area contributed by atoms with Gasteiger partial charge < -0.3 is 0 Å². The van der Waals surface area contributed by atoms with Crippen LogP contribution in [0.5, 0.6) is 0 Å². The van der Waals surface area contributed by atoms with Crippen molar-refractivity contribution in [2.45, 2.75) is 0 Å². The standard InChI is InChI=1S/C46H22N4/c1-49-43(25-47)45-39-21-29(33-15-7-11-27-9-3-5-13-31(27)33)17-19-35(39)37-24-42-38(23-41(37)45)36-20-18-30(22-40(36)46(42)44(26-48)50-2)34-16-8-12-28-10-4-6-14-32(28)34/h3-24H. The lowest BCUT2D eigenvalue weighted by molar-refractivity contribution is 1.49. The third-order valence-corrected chi connectivity index (χ3v) is 9.96. The molecule has 0 unspecified atom stereocenters. The first kappa shape index (κ1) is 28.7. The second kappa shape index (κ2) is 11.0. The van der Waals surface area contributed by atoms with E-state index in [1.54, 1.807) is 0 Å². The van der Waals surface area contributed by atoms with Gasteiger partial charge in [-0.25, -0.2) is 20.2 Å². The summed E-state index contributed by atoms with van der Waals surface area (Å²) in [5.41, 5.74) is 12.2. The Balaban J connectivity index is 1.28. The Kier molecular flexibility index (Phi) is 6.34. The van der Waals surface area contributed by atoms with Crippen LogP contribution in [0.25, 0.3) is 86.9 Å². The van der Waals surface area contributed by atoms with Crippen LogP contribution >= 0.6 is 0 Å². The summed E-state index contributed by atoms with van der Waals surface area (Å²) < 4.78 is 0. The van der Waals surface area contributed by atoms with Gasteiger partial charge in [-0.15, -0.1) is 0 Å². The number of nitrogens with zero attached hydrogens (tertiary/aromatic N) is 4. The monoisotopic (exact) mass is 630 g/mol. The van der Waals surface area contributed by atoms with E-state index < -0.39 is 0 Å². The van der Waals surface area contributed by atoms with E-state index in [0.29, 0.717) is 11.1 Å². The number of benzene rings is 7. The van der Waals surface area contributed by atoms with Crippen molar-refractivity contribution in [2.75, 3.05) is 0 Å². The van der Waals surface area contributed by atoms with Crippen LogP contribution in [-0.2, 0) is 0 Å². The number of hydrogen-bond acceptors (Lipinski definition) is 2. The van der Waals surface area contributed by atoms with Crippen LogP contribution in [0.2, 0.25) is 0 Å². The molecule has 4 nitrogen and oxygen atoms in total. The zero-order chi connectivity index (χ0) is 33.9. The molecule has 7 aromatic rings. The highest BCUT2D eigenvalue weighted by atomic mass is 14.7. The van der Waals surface area contributed by atoms with E-state index >= 15 is 0 Å². The Morgan fingerprint density at radius 2 is 0.800 bits per heavy atom. The van der Waals surface area contributed by atoms with Crippen LogP contribution in [0, 0.1) is 35.8 Å². The van der Waals surface area contributed by atoms with Gasteiger partial charge in [0.15, 0.2) is 0 Å². The van der Waals surface area contributed by atoms with E-state index in [1.165, 1.54) is 0 Å². The maximum atomic E-state index is 10.2. The first-order valence-corrected chi connectivity index (χ1v) is 16.1. The number of rotatable bonds is 2. The van der Waals surface area contributed by atoms with Gasteiger partial charge in [-0.05, 0) is 113 Å². The summed E-state index contributed by atoms with van der Waals surface area (Å²) in [5, 5.41) is 24.9. The third-order valence-electron chi connectivity index (χ3n) is 9.96. The van der Waals surface area contributed by atoms with Gasteiger partial charge in [-0.3, -0.25) is 0 Å². The van der Waals surface area contributed by atoms with Crippen molar-refractivity contribution < 1.29 is 0 Å². The van der Waals surface area contributed by atoms with E-state index in [9.17, 15) is 10.5 Å². The van der Waals surface area contributed by atoms with Crippen molar-refractivity contribution >= 4 is 32.7 Å². The SMILES string of the molecule is [C-]#[N+]C(C#N)=C1c2cc(-c3cccc4ccccc34)ccc2-c2cc3c(cc21)-c1ccc(-c2cccc4ccccc24)cc1C3=C(C#N)[N+]#[C-]. The number of hydrogen-bond donors (Lipinski definition) is 0. The van der Waals surface area contributed by atoms with Crippen LogP contribution in [0.3, 0.4) is 0 Å². The Labute approximate surface area is 289 Å². The average molecular weight is 631 g/mol. The lowest BCUT2D eigenvalue weighted by Gasteiger charge is -2.11. The maximum Gasteiger partial charge on any atom is 0.270 e. The molecule has 7 aromatic carbocycles. The average Bonchev–Trinajstić information content (AvgIpc) is 3.65. The highest BCUT2D eigenvalue weighted by molar-refractivity contribution is 6.12. The minimum absolute atomic E-state index is 0.0270. The lowest BCUT2D eigenvalue weighted by atomic mass is 9.93. The van der Waals surface area contributed by atoms with Gasteiger partial charge in [0.25, 0.3) is 11.4 Å². The molecule has 0 spiro atoms. The molecular weight excluding hydrogens is 609 g/mol. The number of fused-ring (bicyclic) bond motifs is 8. The van der Waals surface area contributed by atoms with Gasteiger partial charge in [0, 0.05) is 11.1 Å². The normalized spacial score (nSPS) is 14.0. The number of allylic oxidation sites excluding steroid dienone is 2. The van der Waals surface area contributed by atoms with Crippen molar-refractivity contribution in [2.24, 2.45) is 0 Å². The van der Waals surface area contributed by atoms with Gasteiger partial charge >= 0.3 is 0 Å². The Morgan fingerprint density at radius 3 is 1.22 bits per heavy atom. The molecule has 0 saturated carbocycles. The van der Waals surface area contributed by atoms with Gasteiger partial charge in [0.2, 0.25) is 0 Å². The molecule has 0 bridgehead atoms. The lowest BCUT2D eigenvalue weighted by Crippen LogP contribution is -1.90. The first-order chi connectivity index (χ1) is 24.6. The minimum atomic E-state index is 0.0270. The van der Waals surface area contributed by atoms with Crippen molar-refractivity contribution in [3.63, 3.8) is 0 Å². The topological polar surface area (TPSA) is 56.3 Å². The van der Waals surface area contributed by atoms with Crippen LogP contribution in [0.1, 0.15) is 22.3 Å². The summed E-state index contributed by atoms with van der Waals surface area (Å²) in [6.07, 6.45) is 0. The first-order valence-electron chi connectivity index (χ1n) is 16.1. The largest absolute Gasteiger partial charge is 0.270 e. The second-order valence-corrected chi connectivity index (χ2v) is 12.4. The Bertz CT molecular complexity index is 2670. The molecule has 0 heterocycles. The highest BCUT2D eigenvalue weighted by Gasteiger charge is 2.34. The quantitative estimate of drug-likeness (QED) is 0.141. The van der Waals surface area contributed by atoms with E-state index in [2.05, 4.69) is 107 Å². The van der Waals surface area contributed by atoms with Crippen molar-refractivity contribution in [3.05, 3.63) is 190 Å². The molecule has 9 rings (SSSR count). The van der Waals surface area contributed by atoms with E-state index in [-0.39, 0.29) is 11.4 Å². The Morgan fingerprint density at radius 1 is 0.400 bits per heavy atom. The van der Waals surface area contributed by atoms with Crippen LogP contribution < -0.4 is 0 Å². The molecule has 0 amide bonds. The molecular formula is C46H22N4. The second-order valence-electron chi connectivity index (χ2n) is 12.4. The van der Waals surface area contributed by atoms with Crippen LogP contribution in [0.4, 0.5) is 0 Å². The molecule has 0 N–H and O–H groups in total. The van der Waals surface area contributed by atoms with Crippen LogP contribution in [0.15, 0.2) is 145 Å². The fourth-order valence-electron chi connectivity index (χ4n) is 7.79. The summed E-state index contributed by atoms with van der Waals surface area (Å²) in [6.45, 7) is 15.9. The van der Waals surface area contributed by atoms with Gasteiger partial charge in [-0.1, -0.05) is 109 Å². The fourth-order valence-corrected chi connectivity index (χ4v) is 7.79. The van der Waals surface area contributed by atoms with Crippen molar-refractivity contribution in [1.29, 1.82) is 10.5 Å². The van der Waals surface area contributed by atoms with E-state index in [4.69, 9.17) is 13.1 Å². The predicted molar refractivity (Wildman–Crippen MR) is 200 cm³/mol. The molecule has 226 valence electrons. The van der Waals surface area contributed by atoms with Gasteiger partial charge in [0.1, 0.15) is 0 Å². The molecule has 4 heteroatoms. The summed E-state index contributed by atoms with van der Waals surface area (Å²) >= 11 is 0. The molecule has 0 saturated heterocycles. The minimum Gasteiger partial charge on any atom is -0.226 e. The Hall–Kier alpha value is -7.50. The zero-order valence-corrected chi connectivity index (χ0v) is 26.5. The fraction of sp³-hybridized carbons (Fsp3) is 0. The van der Waals surface area contributed by atoms with E-state index in [0.717, 1.165) is 88.3 Å². The van der Waals surface area contributed by atoms with E-state index in [1.807, 2.05) is 48.5 Å². The zero-order valence-electron chi connectivity index (χ0n) is 26.5. The molecule has 0 aliphatic heterocycles. The molecule has 0 aromatic heterocycles. The summed E-state index contributed by atoms with van der Waals surface area (Å²) in [6, 6.07) is 49.9.